The lowest BCUT2D eigenvalue weighted by molar-refractivity contribution is 0.146. The number of ether oxygens (including phenoxy) is 2. The van der Waals surface area contributed by atoms with Crippen LogP contribution in [0.4, 0.5) is 0 Å². The van der Waals surface area contributed by atoms with Gasteiger partial charge in [0.1, 0.15) is 12.4 Å². The van der Waals surface area contributed by atoms with Crippen LogP contribution in [0.15, 0.2) is 24.3 Å². The van der Waals surface area contributed by atoms with Crippen LogP contribution < -0.4 is 10.5 Å². The highest BCUT2D eigenvalue weighted by Crippen LogP contribution is 2.16. The van der Waals surface area contributed by atoms with Gasteiger partial charge in [0.25, 0.3) is 0 Å². The standard InChI is InChI=1S/C14H19NO2/c1-16-11-12-17-14-9-5-4-8-13(14)7-3-2-6-10-15/h4-5,8-9H,2,6,10-12,15H2,1H3. The third kappa shape index (κ3) is 5.39. The molecule has 0 heterocycles. The molecule has 0 saturated carbocycles. The molecule has 0 spiro atoms. The van der Waals surface area contributed by atoms with Gasteiger partial charge >= 0.3 is 0 Å². The van der Waals surface area contributed by atoms with E-state index in [0.717, 1.165) is 24.2 Å². The number of methoxy groups -OCH3 is 1. The summed E-state index contributed by atoms with van der Waals surface area (Å²) in [5.41, 5.74) is 6.33. The Morgan fingerprint density at radius 2 is 2.06 bits per heavy atom. The van der Waals surface area contributed by atoms with Crippen molar-refractivity contribution in [1.82, 2.24) is 0 Å². The minimum absolute atomic E-state index is 0.540. The molecule has 3 heteroatoms. The Bertz CT molecular complexity index is 379. The van der Waals surface area contributed by atoms with E-state index in [9.17, 15) is 0 Å². The van der Waals surface area contributed by atoms with Gasteiger partial charge in [-0.1, -0.05) is 24.0 Å². The van der Waals surface area contributed by atoms with Crippen molar-refractivity contribution in [1.29, 1.82) is 0 Å². The van der Waals surface area contributed by atoms with Crippen molar-refractivity contribution in [2.24, 2.45) is 5.73 Å². The van der Waals surface area contributed by atoms with Crippen LogP contribution >= 0.6 is 0 Å². The van der Waals surface area contributed by atoms with Gasteiger partial charge in [-0.3, -0.25) is 0 Å². The van der Waals surface area contributed by atoms with Gasteiger partial charge in [-0.2, -0.15) is 0 Å². The maximum Gasteiger partial charge on any atom is 0.135 e. The highest BCUT2D eigenvalue weighted by molar-refractivity contribution is 5.45. The van der Waals surface area contributed by atoms with Crippen molar-refractivity contribution in [3.05, 3.63) is 29.8 Å². The van der Waals surface area contributed by atoms with E-state index >= 15 is 0 Å². The number of unbranched alkanes of at least 4 members (excludes halogenated alkanes) is 1. The Kier molecular flexibility index (Phi) is 6.89. The van der Waals surface area contributed by atoms with Crippen molar-refractivity contribution >= 4 is 0 Å². The topological polar surface area (TPSA) is 44.5 Å². The van der Waals surface area contributed by atoms with E-state index < -0.39 is 0 Å². The predicted octanol–water partition coefficient (Wildman–Crippen LogP) is 1.80. The van der Waals surface area contributed by atoms with Crippen LogP contribution in [-0.4, -0.2) is 26.9 Å². The van der Waals surface area contributed by atoms with Crippen LogP contribution in [-0.2, 0) is 4.74 Å². The molecule has 0 bridgehead atoms. The quantitative estimate of drug-likeness (QED) is 0.602. The average Bonchev–Trinajstić information content (AvgIpc) is 2.36. The molecule has 0 amide bonds. The Morgan fingerprint density at radius 1 is 1.24 bits per heavy atom. The van der Waals surface area contributed by atoms with E-state index in [1.54, 1.807) is 7.11 Å². The smallest absolute Gasteiger partial charge is 0.135 e. The van der Waals surface area contributed by atoms with E-state index in [-0.39, 0.29) is 0 Å². The fourth-order valence-corrected chi connectivity index (χ4v) is 1.28. The van der Waals surface area contributed by atoms with Crippen molar-refractivity contribution in [2.45, 2.75) is 12.8 Å². The SMILES string of the molecule is COCCOc1ccccc1C#CCCCN. The van der Waals surface area contributed by atoms with E-state index in [1.165, 1.54) is 0 Å². The molecule has 0 aliphatic heterocycles. The summed E-state index contributed by atoms with van der Waals surface area (Å²) >= 11 is 0. The van der Waals surface area contributed by atoms with Crippen LogP contribution in [0.5, 0.6) is 5.75 Å². The first kappa shape index (κ1) is 13.6. The lowest BCUT2D eigenvalue weighted by atomic mass is 10.2. The molecule has 0 aliphatic carbocycles. The maximum absolute atomic E-state index is 5.58. The molecule has 17 heavy (non-hydrogen) atoms. The first-order valence-electron chi connectivity index (χ1n) is 5.78. The first-order valence-corrected chi connectivity index (χ1v) is 5.78. The largest absolute Gasteiger partial charge is 0.490 e. The highest BCUT2D eigenvalue weighted by atomic mass is 16.5. The zero-order chi connectivity index (χ0) is 12.3. The highest BCUT2D eigenvalue weighted by Gasteiger charge is 1.98. The second kappa shape index (κ2) is 8.63. The third-order valence-corrected chi connectivity index (χ3v) is 2.16. The van der Waals surface area contributed by atoms with Gasteiger partial charge in [0.2, 0.25) is 0 Å². The molecule has 1 aromatic rings. The van der Waals surface area contributed by atoms with Crippen molar-refractivity contribution < 1.29 is 9.47 Å². The second-order valence-corrected chi connectivity index (χ2v) is 3.53. The number of nitrogens with two attached hydrogens (primary N) is 1. The average molecular weight is 233 g/mol. The minimum atomic E-state index is 0.540. The maximum atomic E-state index is 5.58. The lowest BCUT2D eigenvalue weighted by Gasteiger charge is -2.06. The Hall–Kier alpha value is -1.50. The lowest BCUT2D eigenvalue weighted by Crippen LogP contribution is -2.05. The molecule has 0 atom stereocenters. The molecule has 0 aromatic heterocycles. The molecule has 1 aromatic carbocycles. The van der Waals surface area contributed by atoms with Crippen LogP contribution in [0.2, 0.25) is 0 Å². The molecule has 0 unspecified atom stereocenters. The molecular weight excluding hydrogens is 214 g/mol. The number of rotatable bonds is 6. The molecule has 2 N–H and O–H groups in total. The summed E-state index contributed by atoms with van der Waals surface area (Å²) in [6.07, 6.45) is 1.75. The molecule has 0 radical (unpaired) electrons. The fourth-order valence-electron chi connectivity index (χ4n) is 1.28. The number of benzene rings is 1. The van der Waals surface area contributed by atoms with Gasteiger partial charge in [-0.05, 0) is 25.1 Å². The van der Waals surface area contributed by atoms with Crippen LogP contribution in [0, 0.1) is 11.8 Å². The number of para-hydroxylation sites is 1. The molecule has 0 aliphatic rings. The summed E-state index contributed by atoms with van der Waals surface area (Å²) in [7, 11) is 1.65. The van der Waals surface area contributed by atoms with E-state index in [2.05, 4.69) is 11.8 Å². The predicted molar refractivity (Wildman–Crippen MR) is 69.0 cm³/mol. The van der Waals surface area contributed by atoms with Crippen LogP contribution in [0.3, 0.4) is 0 Å². The van der Waals surface area contributed by atoms with Gasteiger partial charge in [0, 0.05) is 13.5 Å². The number of hydrogen-bond donors (Lipinski definition) is 1. The van der Waals surface area contributed by atoms with E-state index in [4.69, 9.17) is 15.2 Å². The summed E-state index contributed by atoms with van der Waals surface area (Å²) in [5, 5.41) is 0. The first-order chi connectivity index (χ1) is 8.38. The van der Waals surface area contributed by atoms with Gasteiger partial charge in [-0.25, -0.2) is 0 Å². The fraction of sp³-hybridized carbons (Fsp3) is 0.429. The zero-order valence-electron chi connectivity index (χ0n) is 10.2. The second-order valence-electron chi connectivity index (χ2n) is 3.53. The van der Waals surface area contributed by atoms with Crippen molar-refractivity contribution in [2.75, 3.05) is 26.9 Å². The van der Waals surface area contributed by atoms with Gasteiger partial charge in [0.05, 0.1) is 12.2 Å². The summed E-state index contributed by atoms with van der Waals surface area (Å²) < 4.78 is 10.5. The summed E-state index contributed by atoms with van der Waals surface area (Å²) in [5.74, 6) is 7.01. The Labute approximate surface area is 103 Å². The summed E-state index contributed by atoms with van der Waals surface area (Å²) in [6, 6.07) is 7.77. The van der Waals surface area contributed by atoms with Crippen LogP contribution in [0.1, 0.15) is 18.4 Å². The summed E-state index contributed by atoms with van der Waals surface area (Å²) in [6.45, 7) is 1.80. The molecular formula is C14H19NO2. The van der Waals surface area contributed by atoms with E-state index in [1.807, 2.05) is 24.3 Å². The monoisotopic (exact) mass is 233 g/mol. The number of hydrogen-bond acceptors (Lipinski definition) is 3. The molecule has 0 saturated heterocycles. The Morgan fingerprint density at radius 3 is 2.82 bits per heavy atom. The van der Waals surface area contributed by atoms with Gasteiger partial charge < -0.3 is 15.2 Å². The zero-order valence-corrected chi connectivity index (χ0v) is 10.2. The molecule has 1 rings (SSSR count). The molecule has 92 valence electrons. The third-order valence-electron chi connectivity index (χ3n) is 2.16. The molecule has 0 fully saturated rings. The van der Waals surface area contributed by atoms with Crippen LogP contribution in [0.25, 0.3) is 0 Å². The Balaban J connectivity index is 2.59. The normalized spacial score (nSPS) is 9.53. The van der Waals surface area contributed by atoms with Crippen molar-refractivity contribution in [3.8, 4) is 17.6 Å². The van der Waals surface area contributed by atoms with Gasteiger partial charge in [0.15, 0.2) is 0 Å². The van der Waals surface area contributed by atoms with Crippen molar-refractivity contribution in [3.63, 3.8) is 0 Å². The summed E-state index contributed by atoms with van der Waals surface area (Å²) in [4.78, 5) is 0. The van der Waals surface area contributed by atoms with E-state index in [0.29, 0.717) is 19.8 Å². The van der Waals surface area contributed by atoms with Gasteiger partial charge in [-0.15, -0.1) is 0 Å². The molecule has 3 nitrogen and oxygen atoms in total. The minimum Gasteiger partial charge on any atom is -0.490 e.